The molecule has 0 N–H and O–H groups in total. The van der Waals surface area contributed by atoms with Gasteiger partial charge < -0.3 is 0 Å². The zero-order valence-electron chi connectivity index (χ0n) is 18.7. The Balaban J connectivity index is 1.79. The van der Waals surface area contributed by atoms with Crippen molar-refractivity contribution >= 4 is 34.8 Å². The fourth-order valence-corrected chi connectivity index (χ4v) is 4.52. The van der Waals surface area contributed by atoms with Crippen LogP contribution in [0, 0.1) is 12.8 Å². The van der Waals surface area contributed by atoms with Crippen LogP contribution in [0.3, 0.4) is 0 Å². The molecule has 0 radical (unpaired) electrons. The van der Waals surface area contributed by atoms with Crippen LogP contribution in [0.5, 0.6) is 0 Å². The van der Waals surface area contributed by atoms with E-state index in [1.54, 1.807) is 10.6 Å². The van der Waals surface area contributed by atoms with Gasteiger partial charge in [0.1, 0.15) is 0 Å². The zero-order chi connectivity index (χ0) is 22.8. The molecule has 2 aromatic carbocycles. The van der Waals surface area contributed by atoms with E-state index in [1.165, 1.54) is 0 Å². The predicted octanol–water partition coefficient (Wildman–Crippen LogP) is 5.86. The summed E-state index contributed by atoms with van der Waals surface area (Å²) in [5, 5.41) is 1.11. The minimum Gasteiger partial charge on any atom is -0.298 e. The lowest BCUT2D eigenvalue weighted by atomic mass is 10.1. The summed E-state index contributed by atoms with van der Waals surface area (Å²) in [6, 6.07) is 15.5. The van der Waals surface area contributed by atoms with Gasteiger partial charge in [-0.1, -0.05) is 67.4 Å². The topological polar surface area (TPSA) is 41.4 Å². The van der Waals surface area contributed by atoms with Crippen molar-refractivity contribution in [3.05, 3.63) is 85.8 Å². The van der Waals surface area contributed by atoms with Crippen LogP contribution >= 0.6 is 23.2 Å². The third kappa shape index (κ3) is 5.01. The average Bonchev–Trinajstić information content (AvgIpc) is 2.75. The van der Waals surface area contributed by atoms with Gasteiger partial charge in [-0.3, -0.25) is 19.2 Å². The van der Waals surface area contributed by atoms with E-state index in [0.717, 1.165) is 35.5 Å². The van der Waals surface area contributed by atoms with Gasteiger partial charge in [0.25, 0.3) is 5.56 Å². The molecule has 168 valence electrons. The van der Waals surface area contributed by atoms with Crippen molar-refractivity contribution in [1.29, 1.82) is 0 Å². The maximum absolute atomic E-state index is 13.7. The van der Waals surface area contributed by atoms with E-state index < -0.39 is 0 Å². The summed E-state index contributed by atoms with van der Waals surface area (Å²) >= 11 is 12.6. The van der Waals surface area contributed by atoms with Crippen LogP contribution in [0.15, 0.2) is 53.3 Å². The molecule has 1 aromatic heterocycles. The fraction of sp³-hybridized carbons (Fsp3) is 0.360. The number of hydrogen-bond acceptors (Lipinski definition) is 4. The van der Waals surface area contributed by atoms with E-state index in [0.29, 0.717) is 41.7 Å². The van der Waals surface area contributed by atoms with Crippen LogP contribution in [0.4, 0.5) is 11.6 Å². The fourth-order valence-electron chi connectivity index (χ4n) is 4.01. The number of halogens is 2. The van der Waals surface area contributed by atoms with Gasteiger partial charge in [-0.2, -0.15) is 0 Å². The first kappa shape index (κ1) is 22.8. The number of rotatable bonds is 6. The Labute approximate surface area is 199 Å². The summed E-state index contributed by atoms with van der Waals surface area (Å²) in [4.78, 5) is 22.8. The van der Waals surface area contributed by atoms with Crippen molar-refractivity contribution in [3.63, 3.8) is 0 Å². The van der Waals surface area contributed by atoms with Gasteiger partial charge in [0.05, 0.1) is 19.0 Å². The Hall–Kier alpha value is -2.34. The monoisotopic (exact) mass is 470 g/mol. The standard InChI is InChI=1S/C25H28Cl2N4O/c1-17(2)9-10-29-15-30(22-13-20(26)12-21(27)14-22)25-28-18(3)23(24(32)31(25)16-29)11-19-7-5-4-6-8-19/h4-8,12-14,17H,9-11,15-16H2,1-3H3. The predicted molar refractivity (Wildman–Crippen MR) is 132 cm³/mol. The van der Waals surface area contributed by atoms with Crippen molar-refractivity contribution in [2.75, 3.05) is 18.1 Å². The van der Waals surface area contributed by atoms with Gasteiger partial charge in [0, 0.05) is 34.3 Å². The minimum atomic E-state index is 0.00345. The summed E-state index contributed by atoms with van der Waals surface area (Å²) in [7, 11) is 0. The van der Waals surface area contributed by atoms with Gasteiger partial charge in [0.15, 0.2) is 0 Å². The molecule has 0 amide bonds. The number of anilines is 2. The first-order chi connectivity index (χ1) is 15.3. The highest BCUT2D eigenvalue weighted by Crippen LogP contribution is 2.32. The minimum absolute atomic E-state index is 0.00345. The van der Waals surface area contributed by atoms with Gasteiger partial charge >= 0.3 is 0 Å². The van der Waals surface area contributed by atoms with E-state index in [4.69, 9.17) is 28.2 Å². The van der Waals surface area contributed by atoms with E-state index in [2.05, 4.69) is 18.7 Å². The Morgan fingerprint density at radius 3 is 2.38 bits per heavy atom. The molecule has 1 aliphatic rings. The van der Waals surface area contributed by atoms with Crippen LogP contribution in [0.25, 0.3) is 0 Å². The normalized spacial score (nSPS) is 14.1. The first-order valence-electron chi connectivity index (χ1n) is 10.9. The Kier molecular flexibility index (Phi) is 6.89. The Morgan fingerprint density at radius 1 is 1.03 bits per heavy atom. The van der Waals surface area contributed by atoms with Crippen molar-refractivity contribution in [2.24, 2.45) is 5.92 Å². The molecule has 0 atom stereocenters. The van der Waals surface area contributed by atoms with Crippen molar-refractivity contribution in [2.45, 2.75) is 40.3 Å². The smallest absolute Gasteiger partial charge is 0.259 e. The molecule has 0 unspecified atom stereocenters. The van der Waals surface area contributed by atoms with Crippen LogP contribution in [-0.2, 0) is 13.1 Å². The molecule has 2 heterocycles. The third-order valence-electron chi connectivity index (χ3n) is 5.78. The van der Waals surface area contributed by atoms with Crippen LogP contribution < -0.4 is 10.5 Å². The molecular formula is C25H28Cl2N4O. The number of fused-ring (bicyclic) bond motifs is 1. The second kappa shape index (κ2) is 9.65. The van der Waals surface area contributed by atoms with E-state index in [9.17, 15) is 4.79 Å². The lowest BCUT2D eigenvalue weighted by molar-refractivity contribution is 0.188. The summed E-state index contributed by atoms with van der Waals surface area (Å²) in [6.45, 7) is 8.35. The largest absolute Gasteiger partial charge is 0.298 e. The maximum atomic E-state index is 13.7. The quantitative estimate of drug-likeness (QED) is 0.451. The zero-order valence-corrected chi connectivity index (χ0v) is 20.2. The number of nitrogens with zero attached hydrogens (tertiary/aromatic N) is 4. The highest BCUT2D eigenvalue weighted by atomic mass is 35.5. The molecule has 3 aromatic rings. The third-order valence-corrected chi connectivity index (χ3v) is 6.22. The average molecular weight is 471 g/mol. The highest BCUT2D eigenvalue weighted by molar-refractivity contribution is 6.35. The molecule has 7 heteroatoms. The summed E-state index contributed by atoms with van der Waals surface area (Å²) < 4.78 is 1.78. The maximum Gasteiger partial charge on any atom is 0.259 e. The van der Waals surface area contributed by atoms with Crippen LogP contribution in [0.1, 0.15) is 37.1 Å². The SMILES string of the molecule is Cc1nc2n(c(=O)c1Cc1ccccc1)CN(CCC(C)C)CN2c1cc(Cl)cc(Cl)c1. The van der Waals surface area contributed by atoms with E-state index >= 15 is 0 Å². The number of aryl methyl sites for hydroxylation is 1. The first-order valence-corrected chi connectivity index (χ1v) is 11.7. The lowest BCUT2D eigenvalue weighted by Crippen LogP contribution is -2.48. The van der Waals surface area contributed by atoms with Crippen LogP contribution in [0.2, 0.25) is 10.0 Å². The number of aromatic nitrogens is 2. The summed E-state index contributed by atoms with van der Waals surface area (Å²) in [6.07, 6.45) is 1.61. The summed E-state index contributed by atoms with van der Waals surface area (Å²) in [5.74, 6) is 1.20. The second-order valence-electron chi connectivity index (χ2n) is 8.79. The van der Waals surface area contributed by atoms with Crippen molar-refractivity contribution in [3.8, 4) is 0 Å². The Morgan fingerprint density at radius 2 is 1.72 bits per heavy atom. The van der Waals surface area contributed by atoms with Gasteiger partial charge in [-0.15, -0.1) is 0 Å². The Bertz CT molecular complexity index is 1140. The molecule has 0 saturated heterocycles. The highest BCUT2D eigenvalue weighted by Gasteiger charge is 2.28. The summed E-state index contributed by atoms with van der Waals surface area (Å²) in [5.41, 5.74) is 3.41. The molecule has 0 saturated carbocycles. The molecule has 5 nitrogen and oxygen atoms in total. The van der Waals surface area contributed by atoms with Crippen LogP contribution in [-0.4, -0.2) is 27.7 Å². The number of benzene rings is 2. The van der Waals surface area contributed by atoms with Gasteiger partial charge in [-0.25, -0.2) is 4.98 Å². The van der Waals surface area contributed by atoms with E-state index in [-0.39, 0.29) is 5.56 Å². The molecule has 0 aliphatic carbocycles. The molecular weight excluding hydrogens is 443 g/mol. The van der Waals surface area contributed by atoms with Crippen molar-refractivity contribution in [1.82, 2.24) is 14.5 Å². The van der Waals surface area contributed by atoms with Crippen molar-refractivity contribution < 1.29 is 0 Å². The lowest BCUT2D eigenvalue weighted by Gasteiger charge is -2.38. The molecule has 0 fully saturated rings. The number of hydrogen-bond donors (Lipinski definition) is 0. The second-order valence-corrected chi connectivity index (χ2v) is 9.66. The molecule has 0 bridgehead atoms. The van der Waals surface area contributed by atoms with Gasteiger partial charge in [0.2, 0.25) is 5.95 Å². The molecule has 1 aliphatic heterocycles. The van der Waals surface area contributed by atoms with Gasteiger partial charge in [-0.05, 0) is 43.0 Å². The van der Waals surface area contributed by atoms with E-state index in [1.807, 2.05) is 54.3 Å². The molecule has 0 spiro atoms. The molecule has 32 heavy (non-hydrogen) atoms. The molecule has 4 rings (SSSR count).